The smallest absolute Gasteiger partial charge is 0.273 e. The number of hydrogen-bond donors (Lipinski definition) is 2. The molecule has 1 atom stereocenters. The molecule has 2 N–H and O–H groups in total. The third-order valence-electron chi connectivity index (χ3n) is 3.46. The number of ether oxygens (including phenoxy) is 2. The van der Waals surface area contributed by atoms with Gasteiger partial charge in [-0.05, 0) is 19.1 Å². The third-order valence-corrected chi connectivity index (χ3v) is 3.91. The van der Waals surface area contributed by atoms with E-state index in [2.05, 4.69) is 10.4 Å². The van der Waals surface area contributed by atoms with Crippen molar-refractivity contribution in [3.8, 4) is 11.5 Å². The molecule has 0 saturated heterocycles. The normalized spacial score (nSPS) is 11.9. The van der Waals surface area contributed by atoms with Crippen molar-refractivity contribution in [1.29, 1.82) is 0 Å². The van der Waals surface area contributed by atoms with E-state index in [1.54, 1.807) is 45.3 Å². The lowest BCUT2D eigenvalue weighted by Crippen LogP contribution is -2.35. The summed E-state index contributed by atoms with van der Waals surface area (Å²) in [5.41, 5.74) is 0.835. The summed E-state index contributed by atoms with van der Waals surface area (Å²) in [6.07, 6.45) is -0.872. The van der Waals surface area contributed by atoms with Crippen LogP contribution in [0.3, 0.4) is 0 Å². The van der Waals surface area contributed by atoms with Crippen LogP contribution < -0.4 is 14.8 Å². The zero-order valence-corrected chi connectivity index (χ0v) is 14.5. The van der Waals surface area contributed by atoms with Crippen LogP contribution in [0.5, 0.6) is 11.5 Å². The van der Waals surface area contributed by atoms with Crippen LogP contribution in [0.1, 0.15) is 16.2 Å². The van der Waals surface area contributed by atoms with Gasteiger partial charge in [0, 0.05) is 19.7 Å². The van der Waals surface area contributed by atoms with Crippen molar-refractivity contribution < 1.29 is 19.4 Å². The van der Waals surface area contributed by atoms with E-state index in [1.807, 2.05) is 0 Å². The number of halogens is 1. The Hall–Kier alpha value is -2.25. The standard InChI is InChI=1S/C16H20ClN3O4/c1-10-14(17)15(19-20(10)2)16(22)18-8-11(21)9-24-13-6-4-5-12(7-13)23-3/h4-7,11,21H,8-9H2,1-3H3,(H,18,22)/t11-/m1/s1. The summed E-state index contributed by atoms with van der Waals surface area (Å²) >= 11 is 6.05. The number of nitrogens with one attached hydrogen (secondary N) is 1. The predicted molar refractivity (Wildman–Crippen MR) is 89.8 cm³/mol. The molecule has 7 nitrogen and oxygen atoms in total. The maximum absolute atomic E-state index is 12.1. The molecule has 0 aliphatic rings. The number of aliphatic hydroxyl groups excluding tert-OH is 1. The Morgan fingerprint density at radius 3 is 2.79 bits per heavy atom. The molecular formula is C16H20ClN3O4. The monoisotopic (exact) mass is 353 g/mol. The minimum absolute atomic E-state index is 0.0226. The number of nitrogens with zero attached hydrogens (tertiary/aromatic N) is 2. The summed E-state index contributed by atoms with van der Waals surface area (Å²) in [4.78, 5) is 12.1. The zero-order chi connectivity index (χ0) is 17.7. The molecule has 0 bridgehead atoms. The van der Waals surface area contributed by atoms with E-state index in [9.17, 15) is 9.90 Å². The van der Waals surface area contributed by atoms with Gasteiger partial charge in [-0.15, -0.1) is 0 Å². The van der Waals surface area contributed by atoms with Crippen LogP contribution in [0.4, 0.5) is 0 Å². The molecule has 0 spiro atoms. The number of aliphatic hydroxyl groups is 1. The van der Waals surface area contributed by atoms with Crippen molar-refractivity contribution in [2.75, 3.05) is 20.3 Å². The largest absolute Gasteiger partial charge is 0.497 e. The van der Waals surface area contributed by atoms with E-state index in [4.69, 9.17) is 21.1 Å². The second-order valence-electron chi connectivity index (χ2n) is 5.23. The predicted octanol–water partition coefficient (Wildman–Crippen LogP) is 1.56. The summed E-state index contributed by atoms with van der Waals surface area (Å²) in [7, 11) is 3.27. The van der Waals surface area contributed by atoms with Crippen molar-refractivity contribution in [2.24, 2.45) is 7.05 Å². The molecule has 1 heterocycles. The van der Waals surface area contributed by atoms with Gasteiger partial charge in [-0.3, -0.25) is 9.48 Å². The lowest BCUT2D eigenvalue weighted by molar-refractivity contribution is 0.0839. The third kappa shape index (κ3) is 4.39. The van der Waals surface area contributed by atoms with E-state index >= 15 is 0 Å². The summed E-state index contributed by atoms with van der Waals surface area (Å²) in [6, 6.07) is 7.04. The van der Waals surface area contributed by atoms with Crippen LogP contribution in [-0.2, 0) is 7.05 Å². The first-order valence-electron chi connectivity index (χ1n) is 7.34. The number of methoxy groups -OCH3 is 1. The van der Waals surface area contributed by atoms with Crippen LogP contribution in [0, 0.1) is 6.92 Å². The minimum atomic E-state index is -0.872. The molecule has 1 aromatic carbocycles. The van der Waals surface area contributed by atoms with E-state index in [0.717, 1.165) is 0 Å². The molecule has 2 aromatic rings. The molecule has 2 rings (SSSR count). The fourth-order valence-corrected chi connectivity index (χ4v) is 2.21. The lowest BCUT2D eigenvalue weighted by atomic mass is 10.3. The van der Waals surface area contributed by atoms with Crippen LogP contribution in [0.15, 0.2) is 24.3 Å². The quantitative estimate of drug-likeness (QED) is 0.789. The number of carbonyl (C=O) groups is 1. The molecule has 0 aliphatic carbocycles. The summed E-state index contributed by atoms with van der Waals surface area (Å²) in [5.74, 6) is 0.794. The van der Waals surface area contributed by atoms with E-state index < -0.39 is 12.0 Å². The van der Waals surface area contributed by atoms with Crippen molar-refractivity contribution in [3.05, 3.63) is 40.7 Å². The lowest BCUT2D eigenvalue weighted by Gasteiger charge is -2.13. The van der Waals surface area contributed by atoms with Crippen LogP contribution in [0.2, 0.25) is 5.02 Å². The van der Waals surface area contributed by atoms with Crippen LogP contribution in [-0.4, -0.2) is 47.2 Å². The van der Waals surface area contributed by atoms with Gasteiger partial charge in [-0.1, -0.05) is 17.7 Å². The van der Waals surface area contributed by atoms with Gasteiger partial charge in [0.05, 0.1) is 17.8 Å². The number of rotatable bonds is 7. The van der Waals surface area contributed by atoms with Gasteiger partial charge in [-0.25, -0.2) is 0 Å². The molecule has 0 fully saturated rings. The second kappa shape index (κ2) is 8.03. The molecule has 8 heteroatoms. The second-order valence-corrected chi connectivity index (χ2v) is 5.60. The molecular weight excluding hydrogens is 334 g/mol. The number of carbonyl (C=O) groups excluding carboxylic acids is 1. The Balaban J connectivity index is 1.83. The number of aromatic nitrogens is 2. The van der Waals surface area contributed by atoms with Gasteiger partial charge in [0.1, 0.15) is 24.2 Å². The zero-order valence-electron chi connectivity index (χ0n) is 13.7. The van der Waals surface area contributed by atoms with Gasteiger partial charge in [0.25, 0.3) is 5.91 Å². The highest BCUT2D eigenvalue weighted by atomic mass is 35.5. The Bertz CT molecular complexity index is 717. The maximum Gasteiger partial charge on any atom is 0.273 e. The van der Waals surface area contributed by atoms with Crippen molar-refractivity contribution in [1.82, 2.24) is 15.1 Å². The molecule has 130 valence electrons. The van der Waals surface area contributed by atoms with Crippen LogP contribution >= 0.6 is 11.6 Å². The fraction of sp³-hybridized carbons (Fsp3) is 0.375. The van der Waals surface area contributed by atoms with E-state index in [0.29, 0.717) is 22.2 Å². The molecule has 0 unspecified atom stereocenters. The van der Waals surface area contributed by atoms with Crippen molar-refractivity contribution in [2.45, 2.75) is 13.0 Å². The Kier molecular flexibility index (Phi) is 6.05. The topological polar surface area (TPSA) is 85.6 Å². The Morgan fingerprint density at radius 1 is 1.46 bits per heavy atom. The highest BCUT2D eigenvalue weighted by Crippen LogP contribution is 2.20. The molecule has 0 saturated carbocycles. The summed E-state index contributed by atoms with van der Waals surface area (Å²) in [6.45, 7) is 1.82. The summed E-state index contributed by atoms with van der Waals surface area (Å²) in [5, 5.41) is 16.9. The van der Waals surface area contributed by atoms with E-state index in [-0.39, 0.29) is 18.8 Å². The van der Waals surface area contributed by atoms with Crippen molar-refractivity contribution >= 4 is 17.5 Å². The summed E-state index contributed by atoms with van der Waals surface area (Å²) < 4.78 is 12.1. The first-order chi connectivity index (χ1) is 11.4. The number of benzene rings is 1. The Labute approximate surface area is 145 Å². The Morgan fingerprint density at radius 2 is 2.17 bits per heavy atom. The maximum atomic E-state index is 12.1. The molecule has 1 aromatic heterocycles. The van der Waals surface area contributed by atoms with Gasteiger partial charge >= 0.3 is 0 Å². The van der Waals surface area contributed by atoms with Crippen LogP contribution in [0.25, 0.3) is 0 Å². The average molecular weight is 354 g/mol. The number of hydrogen-bond acceptors (Lipinski definition) is 5. The van der Waals surface area contributed by atoms with Crippen molar-refractivity contribution in [3.63, 3.8) is 0 Å². The first kappa shape index (κ1) is 18.1. The van der Waals surface area contributed by atoms with Gasteiger partial charge < -0.3 is 19.9 Å². The molecule has 1 amide bonds. The van der Waals surface area contributed by atoms with Gasteiger partial charge in [-0.2, -0.15) is 5.10 Å². The first-order valence-corrected chi connectivity index (χ1v) is 7.72. The van der Waals surface area contributed by atoms with E-state index in [1.165, 1.54) is 4.68 Å². The SMILES string of the molecule is COc1cccc(OC[C@H](O)CNC(=O)c2nn(C)c(C)c2Cl)c1. The number of aryl methyl sites for hydroxylation is 1. The molecule has 24 heavy (non-hydrogen) atoms. The van der Waals surface area contributed by atoms with Gasteiger partial charge in [0.2, 0.25) is 0 Å². The fourth-order valence-electron chi connectivity index (χ4n) is 1.96. The minimum Gasteiger partial charge on any atom is -0.497 e. The number of amides is 1. The molecule has 0 radical (unpaired) electrons. The highest BCUT2D eigenvalue weighted by Gasteiger charge is 2.18. The highest BCUT2D eigenvalue weighted by molar-refractivity contribution is 6.34. The molecule has 0 aliphatic heterocycles. The van der Waals surface area contributed by atoms with Gasteiger partial charge in [0.15, 0.2) is 5.69 Å². The average Bonchev–Trinajstić information content (AvgIpc) is 2.85.